The molecule has 5 heteroatoms. The van der Waals surface area contributed by atoms with Gasteiger partial charge in [-0.05, 0) is 41.8 Å². The lowest BCUT2D eigenvalue weighted by molar-refractivity contribution is -0.121. The third kappa shape index (κ3) is 5.14. The van der Waals surface area contributed by atoms with Crippen LogP contribution in [0.4, 0.5) is 4.39 Å². The molecule has 0 atom stereocenters. The van der Waals surface area contributed by atoms with Crippen LogP contribution in [-0.2, 0) is 17.8 Å². The number of halogens is 1. The van der Waals surface area contributed by atoms with Crippen molar-refractivity contribution in [1.29, 1.82) is 0 Å². The van der Waals surface area contributed by atoms with E-state index < -0.39 is 0 Å². The summed E-state index contributed by atoms with van der Waals surface area (Å²) in [4.78, 5) is 16.1. The van der Waals surface area contributed by atoms with Gasteiger partial charge >= 0.3 is 0 Å². The van der Waals surface area contributed by atoms with Gasteiger partial charge in [0, 0.05) is 25.2 Å². The van der Waals surface area contributed by atoms with E-state index in [4.69, 9.17) is 4.74 Å². The Morgan fingerprint density at radius 2 is 1.88 bits per heavy atom. The van der Waals surface area contributed by atoms with Gasteiger partial charge in [-0.3, -0.25) is 4.79 Å². The number of hydrogen-bond acceptors (Lipinski definition) is 3. The Hall–Kier alpha value is -3.21. The Balaban J connectivity index is 1.50. The summed E-state index contributed by atoms with van der Waals surface area (Å²) in [6.07, 6.45) is 2.28. The first-order valence-electron chi connectivity index (χ1n) is 8.38. The number of carbonyl (C=O) groups is 1. The summed E-state index contributed by atoms with van der Waals surface area (Å²) in [5.74, 6) is 0.768. The van der Waals surface area contributed by atoms with Crippen molar-refractivity contribution in [2.45, 2.75) is 19.4 Å². The minimum Gasteiger partial charge on any atom is -0.439 e. The van der Waals surface area contributed by atoms with Crippen molar-refractivity contribution < 1.29 is 13.9 Å². The van der Waals surface area contributed by atoms with Gasteiger partial charge < -0.3 is 10.1 Å². The van der Waals surface area contributed by atoms with Crippen LogP contribution in [0, 0.1) is 5.82 Å². The number of aromatic nitrogens is 1. The molecule has 1 amide bonds. The average molecular weight is 350 g/mol. The normalized spacial score (nSPS) is 10.3. The van der Waals surface area contributed by atoms with E-state index in [0.717, 1.165) is 5.56 Å². The molecule has 0 aliphatic heterocycles. The van der Waals surface area contributed by atoms with Gasteiger partial charge in [0.1, 0.15) is 11.6 Å². The number of pyridine rings is 1. The highest BCUT2D eigenvalue weighted by atomic mass is 19.1. The molecule has 26 heavy (non-hydrogen) atoms. The van der Waals surface area contributed by atoms with Gasteiger partial charge in [-0.15, -0.1) is 0 Å². The van der Waals surface area contributed by atoms with Crippen molar-refractivity contribution in [3.63, 3.8) is 0 Å². The van der Waals surface area contributed by atoms with Gasteiger partial charge in [0.15, 0.2) is 0 Å². The number of carbonyl (C=O) groups excluding carboxylic acids is 1. The van der Waals surface area contributed by atoms with Gasteiger partial charge in [-0.25, -0.2) is 9.37 Å². The summed E-state index contributed by atoms with van der Waals surface area (Å²) in [7, 11) is 0. The minimum atomic E-state index is -0.278. The van der Waals surface area contributed by atoms with E-state index in [1.807, 2.05) is 36.4 Å². The molecular formula is C21H19FN2O2. The largest absolute Gasteiger partial charge is 0.439 e. The average Bonchev–Trinajstić information content (AvgIpc) is 2.67. The molecule has 3 aromatic rings. The molecule has 0 aliphatic carbocycles. The predicted octanol–water partition coefficient (Wildman–Crippen LogP) is 4.26. The summed E-state index contributed by atoms with van der Waals surface area (Å²) in [6.45, 7) is 0.384. The minimum absolute atomic E-state index is 0.121. The predicted molar refractivity (Wildman–Crippen MR) is 97.3 cm³/mol. The van der Waals surface area contributed by atoms with Crippen molar-refractivity contribution >= 4 is 5.91 Å². The molecule has 0 aliphatic rings. The molecule has 0 radical (unpaired) electrons. The van der Waals surface area contributed by atoms with E-state index in [-0.39, 0.29) is 18.1 Å². The Labute approximate surface area is 151 Å². The maximum atomic E-state index is 13.6. The van der Waals surface area contributed by atoms with Gasteiger partial charge in [0.2, 0.25) is 11.8 Å². The van der Waals surface area contributed by atoms with E-state index in [9.17, 15) is 9.18 Å². The maximum Gasteiger partial charge on any atom is 0.220 e. The van der Waals surface area contributed by atoms with Crippen molar-refractivity contribution in [1.82, 2.24) is 10.3 Å². The fourth-order valence-electron chi connectivity index (χ4n) is 2.49. The van der Waals surface area contributed by atoms with Crippen LogP contribution in [0.25, 0.3) is 0 Å². The van der Waals surface area contributed by atoms with Crippen LogP contribution in [0.5, 0.6) is 11.6 Å². The topological polar surface area (TPSA) is 51.2 Å². The van der Waals surface area contributed by atoms with Crippen LogP contribution in [0.2, 0.25) is 0 Å². The standard InChI is InChI=1S/C21H19FN2O2/c22-19-9-2-1-7-17(19)11-12-20(25)24-15-16-6-5-8-18(14-16)26-21-10-3-4-13-23-21/h1-10,13-14H,11-12,15H2,(H,24,25). The quantitative estimate of drug-likeness (QED) is 0.693. The van der Waals surface area contributed by atoms with Gasteiger partial charge in [0.05, 0.1) is 0 Å². The van der Waals surface area contributed by atoms with Crippen molar-refractivity contribution in [2.75, 3.05) is 0 Å². The van der Waals surface area contributed by atoms with Crippen molar-refractivity contribution in [2.24, 2.45) is 0 Å². The molecule has 0 saturated heterocycles. The molecule has 132 valence electrons. The number of ether oxygens (including phenoxy) is 1. The van der Waals surface area contributed by atoms with Gasteiger partial charge in [-0.1, -0.05) is 36.4 Å². The molecule has 1 heterocycles. The zero-order valence-corrected chi connectivity index (χ0v) is 14.2. The van der Waals surface area contributed by atoms with E-state index in [1.54, 1.807) is 30.5 Å². The maximum absolute atomic E-state index is 13.6. The lowest BCUT2D eigenvalue weighted by Gasteiger charge is -2.08. The fourth-order valence-corrected chi connectivity index (χ4v) is 2.49. The second kappa shape index (κ2) is 8.76. The summed E-state index contributed by atoms with van der Waals surface area (Å²) in [6, 6.07) is 19.4. The monoisotopic (exact) mass is 350 g/mol. The lowest BCUT2D eigenvalue weighted by atomic mass is 10.1. The molecule has 3 rings (SSSR count). The summed E-state index contributed by atoms with van der Waals surface area (Å²) < 4.78 is 19.2. The summed E-state index contributed by atoms with van der Waals surface area (Å²) >= 11 is 0. The number of rotatable bonds is 7. The number of nitrogens with one attached hydrogen (secondary N) is 1. The SMILES string of the molecule is O=C(CCc1ccccc1F)NCc1cccc(Oc2ccccn2)c1. The molecule has 0 fully saturated rings. The molecule has 2 aromatic carbocycles. The number of aryl methyl sites for hydroxylation is 1. The third-order valence-electron chi connectivity index (χ3n) is 3.83. The first kappa shape index (κ1) is 17.6. The zero-order valence-electron chi connectivity index (χ0n) is 14.2. The molecule has 1 aromatic heterocycles. The van der Waals surface area contributed by atoms with Crippen LogP contribution in [0.15, 0.2) is 72.9 Å². The Bertz CT molecular complexity index is 869. The Kier molecular flexibility index (Phi) is 5.93. The molecule has 1 N–H and O–H groups in total. The highest BCUT2D eigenvalue weighted by Gasteiger charge is 2.06. The number of hydrogen-bond donors (Lipinski definition) is 1. The van der Waals surface area contributed by atoms with Crippen LogP contribution in [-0.4, -0.2) is 10.9 Å². The lowest BCUT2D eigenvalue weighted by Crippen LogP contribution is -2.23. The van der Waals surface area contributed by atoms with E-state index >= 15 is 0 Å². The molecule has 4 nitrogen and oxygen atoms in total. The molecular weight excluding hydrogens is 331 g/mol. The molecule has 0 unspecified atom stereocenters. The van der Waals surface area contributed by atoms with Crippen LogP contribution in [0.3, 0.4) is 0 Å². The number of benzene rings is 2. The Morgan fingerprint density at radius 1 is 1.04 bits per heavy atom. The molecule has 0 bridgehead atoms. The summed E-state index contributed by atoms with van der Waals surface area (Å²) in [5.41, 5.74) is 1.46. The highest BCUT2D eigenvalue weighted by Crippen LogP contribution is 2.20. The van der Waals surface area contributed by atoms with Gasteiger partial charge in [0.25, 0.3) is 0 Å². The van der Waals surface area contributed by atoms with Gasteiger partial charge in [-0.2, -0.15) is 0 Å². The van der Waals surface area contributed by atoms with Crippen LogP contribution >= 0.6 is 0 Å². The van der Waals surface area contributed by atoms with Crippen LogP contribution < -0.4 is 10.1 Å². The van der Waals surface area contributed by atoms with E-state index in [0.29, 0.717) is 30.2 Å². The first-order chi connectivity index (χ1) is 12.7. The smallest absolute Gasteiger partial charge is 0.220 e. The number of nitrogens with zero attached hydrogens (tertiary/aromatic N) is 1. The highest BCUT2D eigenvalue weighted by molar-refractivity contribution is 5.76. The fraction of sp³-hybridized carbons (Fsp3) is 0.143. The first-order valence-corrected chi connectivity index (χ1v) is 8.38. The van der Waals surface area contributed by atoms with E-state index in [2.05, 4.69) is 10.3 Å². The zero-order chi connectivity index (χ0) is 18.2. The van der Waals surface area contributed by atoms with Crippen LogP contribution in [0.1, 0.15) is 17.5 Å². The Morgan fingerprint density at radius 3 is 2.69 bits per heavy atom. The van der Waals surface area contributed by atoms with E-state index in [1.165, 1.54) is 6.07 Å². The molecule has 0 spiro atoms. The van der Waals surface area contributed by atoms with Crippen molar-refractivity contribution in [3.05, 3.63) is 89.9 Å². The summed E-state index contributed by atoms with van der Waals surface area (Å²) in [5, 5.41) is 2.85. The third-order valence-corrected chi connectivity index (χ3v) is 3.83. The second-order valence-corrected chi connectivity index (χ2v) is 5.79. The molecule has 0 saturated carbocycles. The van der Waals surface area contributed by atoms with Crippen molar-refractivity contribution in [3.8, 4) is 11.6 Å². The second-order valence-electron chi connectivity index (χ2n) is 5.79. The number of amides is 1.